The van der Waals surface area contributed by atoms with Crippen molar-refractivity contribution in [2.75, 3.05) is 19.6 Å². The third-order valence-electron chi connectivity index (χ3n) is 8.16. The molecule has 2 aliphatic rings. The van der Waals surface area contributed by atoms with Crippen molar-refractivity contribution in [3.8, 4) is 0 Å². The van der Waals surface area contributed by atoms with Gasteiger partial charge in [-0.15, -0.1) is 0 Å². The number of aliphatic hydroxyl groups excluding tert-OH is 2. The number of hydrogen-bond donors (Lipinski definition) is 2. The molecule has 3 rings (SSSR count). The van der Waals surface area contributed by atoms with E-state index in [0.29, 0.717) is 18.3 Å². The lowest BCUT2D eigenvalue weighted by Gasteiger charge is -2.22. The Morgan fingerprint density at radius 2 is 1.77 bits per heavy atom. The smallest absolute Gasteiger partial charge is 0.0761 e. The summed E-state index contributed by atoms with van der Waals surface area (Å²) in [6.45, 7) is 10.4. The van der Waals surface area contributed by atoms with E-state index in [-0.39, 0.29) is 12.0 Å². The lowest BCUT2D eigenvalue weighted by molar-refractivity contribution is 0.140. The number of hydrogen-bond acceptors (Lipinski definition) is 3. The van der Waals surface area contributed by atoms with E-state index >= 15 is 0 Å². The van der Waals surface area contributed by atoms with Gasteiger partial charge in [-0.2, -0.15) is 0 Å². The fourth-order valence-corrected chi connectivity index (χ4v) is 6.16. The van der Waals surface area contributed by atoms with E-state index in [1.165, 1.54) is 76.6 Å². The molecule has 2 N–H and O–H groups in total. The molecule has 0 aromatic heterocycles. The third kappa shape index (κ3) is 9.19. The average Bonchev–Trinajstić information content (AvgIpc) is 3.34. The Morgan fingerprint density at radius 3 is 2.49 bits per heavy atom. The summed E-state index contributed by atoms with van der Waals surface area (Å²) in [5.74, 6) is 1.20. The molecule has 2 aliphatic carbocycles. The zero-order valence-corrected chi connectivity index (χ0v) is 22.7. The molecular formula is C32H51NO2. The van der Waals surface area contributed by atoms with Crippen LogP contribution in [0.2, 0.25) is 0 Å². The van der Waals surface area contributed by atoms with Crippen molar-refractivity contribution in [3.63, 3.8) is 0 Å². The van der Waals surface area contributed by atoms with Gasteiger partial charge in [-0.05, 0) is 88.9 Å². The summed E-state index contributed by atoms with van der Waals surface area (Å²) in [7, 11) is 0. The first kappa shape index (κ1) is 28.2. The van der Waals surface area contributed by atoms with Crippen molar-refractivity contribution in [1.29, 1.82) is 0 Å². The highest BCUT2D eigenvalue weighted by atomic mass is 16.3. The van der Waals surface area contributed by atoms with Crippen LogP contribution < -0.4 is 0 Å². The average molecular weight is 482 g/mol. The van der Waals surface area contributed by atoms with E-state index in [0.717, 1.165) is 18.4 Å². The highest BCUT2D eigenvalue weighted by Gasteiger charge is 2.43. The number of rotatable bonds is 16. The minimum atomic E-state index is -0.494. The molecule has 0 amide bonds. The predicted octanol–water partition coefficient (Wildman–Crippen LogP) is 6.86. The van der Waals surface area contributed by atoms with Crippen molar-refractivity contribution < 1.29 is 10.2 Å². The summed E-state index contributed by atoms with van der Waals surface area (Å²) in [6, 6.07) is 8.35. The zero-order valence-electron chi connectivity index (χ0n) is 22.7. The SMILES string of the molecule is CCCCN(CCCC)CCCCCC1=C[C@H]2C[C@@H](O)[C@H](/C=C/[C@@H](O)Cc3cccc(C)c3)[C@H]2C1. The molecule has 3 nitrogen and oxygen atoms in total. The number of aryl methyl sites for hydroxylation is 1. The molecular weight excluding hydrogens is 430 g/mol. The third-order valence-corrected chi connectivity index (χ3v) is 8.16. The van der Waals surface area contributed by atoms with Gasteiger partial charge in [-0.1, -0.05) is 86.7 Å². The molecule has 1 aromatic carbocycles. The van der Waals surface area contributed by atoms with Crippen LogP contribution in [0.1, 0.15) is 89.2 Å². The Balaban J connectivity index is 1.39. The molecule has 3 heteroatoms. The van der Waals surface area contributed by atoms with Gasteiger partial charge >= 0.3 is 0 Å². The molecule has 0 radical (unpaired) electrons. The largest absolute Gasteiger partial charge is 0.392 e. The molecule has 0 saturated heterocycles. The van der Waals surface area contributed by atoms with E-state index in [2.05, 4.69) is 56.0 Å². The monoisotopic (exact) mass is 481 g/mol. The second-order valence-electron chi connectivity index (χ2n) is 11.2. The first-order valence-electron chi connectivity index (χ1n) is 14.5. The Labute approximate surface area is 215 Å². The highest BCUT2D eigenvalue weighted by molar-refractivity contribution is 5.24. The number of unbranched alkanes of at least 4 members (excludes halogenated alkanes) is 4. The van der Waals surface area contributed by atoms with Crippen LogP contribution in [-0.4, -0.2) is 47.0 Å². The van der Waals surface area contributed by atoms with Crippen LogP contribution in [0.4, 0.5) is 0 Å². The molecule has 0 unspecified atom stereocenters. The van der Waals surface area contributed by atoms with Gasteiger partial charge in [0.05, 0.1) is 12.2 Å². The summed E-state index contributed by atoms with van der Waals surface area (Å²) in [4.78, 5) is 2.68. The summed E-state index contributed by atoms with van der Waals surface area (Å²) >= 11 is 0. The molecule has 1 fully saturated rings. The fraction of sp³-hybridized carbons (Fsp3) is 0.688. The number of nitrogens with zero attached hydrogens (tertiary/aromatic N) is 1. The Kier molecular flexibility index (Phi) is 12.0. The Morgan fingerprint density at radius 1 is 1.03 bits per heavy atom. The van der Waals surface area contributed by atoms with Gasteiger partial charge in [0.2, 0.25) is 0 Å². The lowest BCUT2D eigenvalue weighted by Crippen LogP contribution is -2.27. The van der Waals surface area contributed by atoms with Gasteiger partial charge < -0.3 is 15.1 Å². The molecule has 1 aromatic rings. The first-order valence-corrected chi connectivity index (χ1v) is 14.5. The maximum Gasteiger partial charge on any atom is 0.0761 e. The van der Waals surface area contributed by atoms with Crippen LogP contribution in [0.3, 0.4) is 0 Å². The molecule has 196 valence electrons. The van der Waals surface area contributed by atoms with Crippen LogP contribution in [-0.2, 0) is 6.42 Å². The van der Waals surface area contributed by atoms with Crippen LogP contribution in [0.5, 0.6) is 0 Å². The summed E-state index contributed by atoms with van der Waals surface area (Å²) in [6.07, 6.45) is 18.8. The maximum atomic E-state index is 10.7. The van der Waals surface area contributed by atoms with E-state index in [1.807, 2.05) is 12.1 Å². The highest BCUT2D eigenvalue weighted by Crippen LogP contribution is 2.48. The number of fused-ring (bicyclic) bond motifs is 1. The summed E-state index contributed by atoms with van der Waals surface area (Å²) in [5.41, 5.74) is 4.00. The Hall–Kier alpha value is -1.42. The number of benzene rings is 1. The normalized spacial score (nSPS) is 24.9. The predicted molar refractivity (Wildman–Crippen MR) is 149 cm³/mol. The van der Waals surface area contributed by atoms with Gasteiger partial charge in [0.15, 0.2) is 0 Å². The topological polar surface area (TPSA) is 43.7 Å². The van der Waals surface area contributed by atoms with Crippen molar-refractivity contribution in [2.45, 2.75) is 104 Å². The minimum Gasteiger partial charge on any atom is -0.392 e. The van der Waals surface area contributed by atoms with Gasteiger partial charge in [0.25, 0.3) is 0 Å². The van der Waals surface area contributed by atoms with Crippen LogP contribution in [0.25, 0.3) is 0 Å². The van der Waals surface area contributed by atoms with Gasteiger partial charge in [0.1, 0.15) is 0 Å². The molecule has 35 heavy (non-hydrogen) atoms. The van der Waals surface area contributed by atoms with Crippen molar-refractivity contribution in [3.05, 3.63) is 59.2 Å². The molecule has 0 heterocycles. The minimum absolute atomic E-state index is 0.173. The molecule has 0 bridgehead atoms. The lowest BCUT2D eigenvalue weighted by atomic mass is 9.88. The summed E-state index contributed by atoms with van der Waals surface area (Å²) < 4.78 is 0. The standard InChI is InChI=1S/C32H51NO2/c1-4-6-17-33(18-7-5-2)19-10-8-9-13-27-21-28-24-32(35)30(31(28)23-27)16-15-29(34)22-26-14-11-12-25(3)20-26/h11-12,14-16,20-21,28-32,34-35H,4-10,13,17-19,22-24H2,1-3H3/b16-15+/t28-,29+,30+,31-,32+/m0/s1. The van der Waals surface area contributed by atoms with Crippen LogP contribution in [0, 0.1) is 24.7 Å². The Bertz CT molecular complexity index is 793. The second-order valence-corrected chi connectivity index (χ2v) is 11.2. The zero-order chi connectivity index (χ0) is 25.0. The van der Waals surface area contributed by atoms with Crippen molar-refractivity contribution in [1.82, 2.24) is 4.90 Å². The number of allylic oxidation sites excluding steroid dienone is 2. The van der Waals surface area contributed by atoms with E-state index in [4.69, 9.17) is 0 Å². The molecule has 0 aliphatic heterocycles. The van der Waals surface area contributed by atoms with Gasteiger partial charge in [0, 0.05) is 12.3 Å². The van der Waals surface area contributed by atoms with Gasteiger partial charge in [-0.25, -0.2) is 0 Å². The summed E-state index contributed by atoms with van der Waals surface area (Å²) in [5, 5.41) is 21.2. The van der Waals surface area contributed by atoms with Crippen LogP contribution >= 0.6 is 0 Å². The van der Waals surface area contributed by atoms with Crippen molar-refractivity contribution in [2.24, 2.45) is 17.8 Å². The van der Waals surface area contributed by atoms with Gasteiger partial charge in [-0.3, -0.25) is 0 Å². The maximum absolute atomic E-state index is 10.7. The molecule has 0 spiro atoms. The van der Waals surface area contributed by atoms with E-state index in [1.54, 1.807) is 5.57 Å². The number of aliphatic hydroxyl groups is 2. The first-order chi connectivity index (χ1) is 17.0. The van der Waals surface area contributed by atoms with Crippen molar-refractivity contribution >= 4 is 0 Å². The van der Waals surface area contributed by atoms with E-state index < -0.39 is 6.10 Å². The van der Waals surface area contributed by atoms with E-state index in [9.17, 15) is 10.2 Å². The fourth-order valence-electron chi connectivity index (χ4n) is 6.16. The quantitative estimate of drug-likeness (QED) is 0.200. The van der Waals surface area contributed by atoms with Crippen LogP contribution in [0.15, 0.2) is 48.1 Å². The second kappa shape index (κ2) is 15.0. The molecule has 1 saturated carbocycles. The molecule has 5 atom stereocenters.